The molecule has 4 heteroatoms. The van der Waals surface area contributed by atoms with E-state index in [2.05, 4.69) is 273 Å². The van der Waals surface area contributed by atoms with Gasteiger partial charge in [-0.25, -0.2) is 0 Å². The van der Waals surface area contributed by atoms with E-state index in [4.69, 9.17) is 0 Å². The van der Waals surface area contributed by atoms with Gasteiger partial charge in [0, 0.05) is 65.1 Å². The minimum atomic E-state index is -0.230. The highest BCUT2D eigenvalue weighted by Crippen LogP contribution is 2.61. The molecule has 6 aliphatic heterocycles. The maximum absolute atomic E-state index is 2.68. The zero-order valence-electron chi connectivity index (χ0n) is 50.6. The van der Waals surface area contributed by atoms with Gasteiger partial charge >= 0.3 is 0 Å². The molecule has 0 saturated carbocycles. The van der Waals surface area contributed by atoms with Crippen molar-refractivity contribution in [1.82, 2.24) is 0 Å². The zero-order chi connectivity index (χ0) is 56.6. The first kappa shape index (κ1) is 51.3. The van der Waals surface area contributed by atoms with Crippen LogP contribution in [0.15, 0.2) is 170 Å². The van der Waals surface area contributed by atoms with Crippen molar-refractivity contribution in [2.75, 3.05) is 45.8 Å². The summed E-state index contributed by atoms with van der Waals surface area (Å²) in [6.45, 7) is 33.9. The molecule has 0 spiro atoms. The lowest BCUT2D eigenvalue weighted by molar-refractivity contribution is 0.401. The third-order valence-corrected chi connectivity index (χ3v) is 21.5. The van der Waals surface area contributed by atoms with Crippen molar-refractivity contribution >= 4 is 56.3 Å². The molecule has 0 amide bonds. The van der Waals surface area contributed by atoms with Gasteiger partial charge in [0.05, 0.1) is 22.7 Å². The molecule has 4 nitrogen and oxygen atoms in total. The minimum Gasteiger partial charge on any atom is -0.371 e. The molecule has 0 radical (unpaired) electrons. The van der Waals surface area contributed by atoms with E-state index in [-0.39, 0.29) is 32.5 Å². The molecule has 6 heterocycles. The molecular formula is C78H80N4. The van der Waals surface area contributed by atoms with Gasteiger partial charge in [0.1, 0.15) is 0 Å². The van der Waals surface area contributed by atoms with Crippen LogP contribution in [0.2, 0.25) is 0 Å². The molecule has 0 aromatic heterocycles. The second kappa shape index (κ2) is 17.5. The first-order chi connectivity index (χ1) is 39.1. The number of nitrogens with zero attached hydrogens (tertiary/aromatic N) is 4. The fraction of sp³-hybridized carbons (Fsp3) is 0.333. The average molecular weight is 1070 g/mol. The standard InChI is InChI=1S/C78H80N4/c1-73(2)35-39-79-40-36-74(3,4)62-44-51(43-61(73)70(62)79)49-27-31-54(32-28-49)81(55-33-29-50(30-34-55)52-45-63-71-64(46-52)76(7,8)38-42-80(71)41-37-75(63,5)6)67-26-18-20-57-56(19-17-21-58(57)67)53-47-65-72-66(48-53)78(11,12)60-23-14-16-25-69(60)82(72)68-24-15-13-22-59(68)77(65,9)10/h13-34,43-48H,35-42H2,1-12H3. The highest BCUT2D eigenvalue weighted by molar-refractivity contribution is 6.07. The monoisotopic (exact) mass is 1070 g/mol. The Labute approximate surface area is 488 Å². The fourth-order valence-electron chi connectivity index (χ4n) is 16.0. The summed E-state index contributed by atoms with van der Waals surface area (Å²) in [5.41, 5.74) is 29.5. The Bertz CT molecular complexity index is 3830. The minimum absolute atomic E-state index is 0.114. The molecule has 9 aromatic carbocycles. The van der Waals surface area contributed by atoms with Crippen LogP contribution in [-0.2, 0) is 32.5 Å². The summed E-state index contributed by atoms with van der Waals surface area (Å²) in [4.78, 5) is 10.5. The molecule has 9 aromatic rings. The lowest BCUT2D eigenvalue weighted by atomic mass is 9.65. The van der Waals surface area contributed by atoms with Crippen LogP contribution in [0.5, 0.6) is 0 Å². The molecule has 0 atom stereocenters. The number of benzene rings is 9. The number of hydrogen-bond acceptors (Lipinski definition) is 4. The van der Waals surface area contributed by atoms with Crippen LogP contribution >= 0.6 is 0 Å². The van der Waals surface area contributed by atoms with Crippen LogP contribution in [0.25, 0.3) is 44.2 Å². The van der Waals surface area contributed by atoms with E-state index in [0.29, 0.717) is 0 Å². The van der Waals surface area contributed by atoms with Crippen LogP contribution in [0.1, 0.15) is 153 Å². The van der Waals surface area contributed by atoms with Gasteiger partial charge in [0.15, 0.2) is 0 Å². The summed E-state index contributed by atoms with van der Waals surface area (Å²) < 4.78 is 0. The van der Waals surface area contributed by atoms with Crippen LogP contribution in [0.4, 0.5) is 45.5 Å². The molecule has 0 fully saturated rings. The van der Waals surface area contributed by atoms with E-state index in [1.165, 1.54) is 143 Å². The quantitative estimate of drug-likeness (QED) is 0.164. The van der Waals surface area contributed by atoms with Crippen LogP contribution in [0.3, 0.4) is 0 Å². The van der Waals surface area contributed by atoms with E-state index >= 15 is 0 Å². The van der Waals surface area contributed by atoms with Gasteiger partial charge in [-0.15, -0.1) is 0 Å². The smallest absolute Gasteiger partial charge is 0.0544 e. The predicted octanol–water partition coefficient (Wildman–Crippen LogP) is 20.4. The molecule has 15 rings (SSSR count). The van der Waals surface area contributed by atoms with E-state index in [1.807, 2.05) is 0 Å². The van der Waals surface area contributed by atoms with Crippen LogP contribution in [0, 0.1) is 0 Å². The lowest BCUT2D eigenvalue weighted by Crippen LogP contribution is -2.44. The van der Waals surface area contributed by atoms with Crippen molar-refractivity contribution in [2.24, 2.45) is 0 Å². The first-order valence-electron chi connectivity index (χ1n) is 30.7. The molecule has 412 valence electrons. The van der Waals surface area contributed by atoms with E-state index in [0.717, 1.165) is 43.2 Å². The average Bonchev–Trinajstić information content (AvgIpc) is 1.15. The van der Waals surface area contributed by atoms with Crippen molar-refractivity contribution in [3.05, 3.63) is 214 Å². The number of anilines is 8. The number of para-hydroxylation sites is 2. The maximum Gasteiger partial charge on any atom is 0.0544 e. The summed E-state index contributed by atoms with van der Waals surface area (Å²) in [5, 5.41) is 2.47. The summed E-state index contributed by atoms with van der Waals surface area (Å²) in [6.07, 6.45) is 4.71. The Hall–Kier alpha value is -7.56. The second-order valence-electron chi connectivity index (χ2n) is 29.0. The third kappa shape index (κ3) is 7.47. The second-order valence-corrected chi connectivity index (χ2v) is 29.0. The van der Waals surface area contributed by atoms with Crippen molar-refractivity contribution in [1.29, 1.82) is 0 Å². The molecule has 0 bridgehead atoms. The predicted molar refractivity (Wildman–Crippen MR) is 349 cm³/mol. The molecule has 0 unspecified atom stereocenters. The number of fused-ring (bicyclic) bond motifs is 5. The van der Waals surface area contributed by atoms with Gasteiger partial charge in [-0.2, -0.15) is 0 Å². The van der Waals surface area contributed by atoms with Gasteiger partial charge in [0.2, 0.25) is 0 Å². The Kier molecular flexibility index (Phi) is 10.9. The van der Waals surface area contributed by atoms with Crippen molar-refractivity contribution in [2.45, 2.75) is 141 Å². The van der Waals surface area contributed by atoms with Crippen molar-refractivity contribution in [3.8, 4) is 33.4 Å². The Morgan fingerprint density at radius 3 is 1.12 bits per heavy atom. The summed E-state index contributed by atoms with van der Waals surface area (Å²) in [5.74, 6) is 0. The molecule has 82 heavy (non-hydrogen) atoms. The highest BCUT2D eigenvalue weighted by Gasteiger charge is 2.47. The largest absolute Gasteiger partial charge is 0.371 e. The lowest BCUT2D eigenvalue weighted by Gasteiger charge is -2.49. The summed E-state index contributed by atoms with van der Waals surface area (Å²) in [6, 6.07) is 66.4. The first-order valence-corrected chi connectivity index (χ1v) is 30.7. The van der Waals surface area contributed by atoms with Crippen LogP contribution < -0.4 is 19.6 Å². The van der Waals surface area contributed by atoms with E-state index in [9.17, 15) is 0 Å². The maximum atomic E-state index is 2.68. The molecular weight excluding hydrogens is 993 g/mol. The normalized spacial score (nSPS) is 19.3. The zero-order valence-corrected chi connectivity index (χ0v) is 50.6. The molecule has 0 N–H and O–H groups in total. The molecule has 6 aliphatic rings. The van der Waals surface area contributed by atoms with Gasteiger partial charge in [0.25, 0.3) is 0 Å². The van der Waals surface area contributed by atoms with Crippen LogP contribution in [-0.4, -0.2) is 26.2 Å². The Morgan fingerprint density at radius 1 is 0.317 bits per heavy atom. The topological polar surface area (TPSA) is 13.0 Å². The fourth-order valence-corrected chi connectivity index (χ4v) is 16.0. The molecule has 0 saturated heterocycles. The van der Waals surface area contributed by atoms with Gasteiger partial charge < -0.3 is 19.6 Å². The number of rotatable bonds is 6. The molecule has 0 aliphatic carbocycles. The Morgan fingerprint density at radius 2 is 0.695 bits per heavy atom. The SMILES string of the molecule is CC1(C)CCN2CCC(C)(C)c3cc(-c4ccc(N(c5ccc(-c6cc7c8c(c6)C(C)(C)CCN8CCC7(C)C)cc5)c5cccc6c(-c7cc8c9c(c7)C(C)(C)c7ccccc7N9c7ccccc7C8(C)C)cccc56)cc4)cc1c32. The highest BCUT2D eigenvalue weighted by atomic mass is 15.2. The summed E-state index contributed by atoms with van der Waals surface area (Å²) >= 11 is 0. The van der Waals surface area contributed by atoms with Gasteiger partial charge in [-0.1, -0.05) is 174 Å². The van der Waals surface area contributed by atoms with E-state index < -0.39 is 0 Å². The van der Waals surface area contributed by atoms with Gasteiger partial charge in [-0.05, 0) is 209 Å². The van der Waals surface area contributed by atoms with E-state index in [1.54, 1.807) is 0 Å². The Balaban J connectivity index is 0.893. The third-order valence-electron chi connectivity index (χ3n) is 21.5. The summed E-state index contributed by atoms with van der Waals surface area (Å²) in [7, 11) is 0. The van der Waals surface area contributed by atoms with Crippen molar-refractivity contribution in [3.63, 3.8) is 0 Å². The van der Waals surface area contributed by atoms with Gasteiger partial charge in [-0.3, -0.25) is 0 Å². The number of hydrogen-bond donors (Lipinski definition) is 0. The van der Waals surface area contributed by atoms with Crippen molar-refractivity contribution < 1.29 is 0 Å².